The lowest BCUT2D eigenvalue weighted by Gasteiger charge is -2.17. The molecule has 0 saturated carbocycles. The van der Waals surface area contributed by atoms with Crippen molar-refractivity contribution in [2.45, 2.75) is 36.5 Å². The van der Waals surface area contributed by atoms with Crippen LogP contribution in [0.2, 0.25) is 0 Å². The Kier molecular flexibility index (Phi) is 8.38. The van der Waals surface area contributed by atoms with Crippen molar-refractivity contribution in [3.63, 3.8) is 0 Å². The molecule has 12 heteroatoms. The first kappa shape index (κ1) is 28.3. The minimum Gasteiger partial charge on any atom is -0.491 e. The first-order valence-electron chi connectivity index (χ1n) is 12.6. The summed E-state index contributed by atoms with van der Waals surface area (Å²) < 4.78 is 31.2. The molecule has 0 spiro atoms. The van der Waals surface area contributed by atoms with Crippen molar-refractivity contribution in [3.8, 4) is 29.0 Å². The van der Waals surface area contributed by atoms with Gasteiger partial charge in [-0.15, -0.1) is 11.3 Å². The molecule has 2 aromatic carbocycles. The lowest BCUT2D eigenvalue weighted by Crippen LogP contribution is -2.25. The SMILES string of the molecule is CC1(C)OC[C@H](COc2ccc(-c3c(C#N)c(N)[nH+]c(SCc4csc(Nc5ccccc5F)n4)c3C#N)cc2)O1. The number of nitrogen functional groups attached to an aromatic ring is 1. The number of H-pyrrole nitrogens is 1. The predicted octanol–water partition coefficient (Wildman–Crippen LogP) is 5.66. The van der Waals surface area contributed by atoms with Gasteiger partial charge in [0.15, 0.2) is 15.9 Å². The van der Waals surface area contributed by atoms with Gasteiger partial charge in [0.25, 0.3) is 5.82 Å². The van der Waals surface area contributed by atoms with E-state index in [-0.39, 0.29) is 23.3 Å². The maximum atomic E-state index is 14.0. The summed E-state index contributed by atoms with van der Waals surface area (Å²) in [4.78, 5) is 7.53. The number of nitrogens with two attached hydrogens (primary N) is 1. The molecule has 4 aromatic rings. The number of hydrogen-bond acceptors (Lipinski definition) is 10. The number of aromatic nitrogens is 2. The second-order valence-electron chi connectivity index (χ2n) is 9.54. The molecule has 0 amide bonds. The molecular weight excluding hydrogens is 563 g/mol. The molecule has 0 bridgehead atoms. The second kappa shape index (κ2) is 12.1. The molecule has 2 aromatic heterocycles. The maximum absolute atomic E-state index is 14.0. The number of ether oxygens (including phenoxy) is 3. The van der Waals surface area contributed by atoms with Crippen molar-refractivity contribution >= 4 is 39.7 Å². The smallest absolute Gasteiger partial charge is 0.289 e. The molecule has 9 nitrogen and oxygen atoms in total. The molecule has 1 fully saturated rings. The van der Waals surface area contributed by atoms with Gasteiger partial charge in [-0.25, -0.2) is 14.4 Å². The number of rotatable bonds is 9. The molecule has 1 saturated heterocycles. The zero-order valence-electron chi connectivity index (χ0n) is 22.2. The minimum atomic E-state index is -0.626. The minimum absolute atomic E-state index is 0.158. The maximum Gasteiger partial charge on any atom is 0.289 e. The van der Waals surface area contributed by atoms with Crippen molar-refractivity contribution in [1.29, 1.82) is 10.5 Å². The summed E-state index contributed by atoms with van der Waals surface area (Å²) in [5.74, 6) is 0.202. The van der Waals surface area contributed by atoms with E-state index in [9.17, 15) is 14.9 Å². The van der Waals surface area contributed by atoms with Gasteiger partial charge in [0.1, 0.15) is 47.5 Å². The molecule has 3 heterocycles. The van der Waals surface area contributed by atoms with E-state index in [0.717, 1.165) is 5.69 Å². The van der Waals surface area contributed by atoms with Gasteiger partial charge in [-0.1, -0.05) is 36.0 Å². The van der Waals surface area contributed by atoms with Crippen LogP contribution in [0.15, 0.2) is 58.9 Å². The van der Waals surface area contributed by atoms with Gasteiger partial charge in [0.2, 0.25) is 0 Å². The average Bonchev–Trinajstić information content (AvgIpc) is 3.56. The summed E-state index contributed by atoms with van der Waals surface area (Å²) in [5.41, 5.74) is 8.88. The Hall–Kier alpha value is -4.20. The van der Waals surface area contributed by atoms with Crippen LogP contribution in [0.3, 0.4) is 0 Å². The number of thioether (sulfide) groups is 1. The Morgan fingerprint density at radius 1 is 1.20 bits per heavy atom. The van der Waals surface area contributed by atoms with Gasteiger partial charge in [-0.2, -0.15) is 10.5 Å². The highest BCUT2D eigenvalue weighted by molar-refractivity contribution is 7.98. The number of nitrogens with zero attached hydrogens (tertiary/aromatic N) is 3. The fraction of sp³-hybridized carbons (Fsp3) is 0.241. The highest BCUT2D eigenvalue weighted by Crippen LogP contribution is 2.36. The zero-order chi connectivity index (χ0) is 29.0. The molecule has 1 aliphatic rings. The first-order valence-corrected chi connectivity index (χ1v) is 14.5. The Labute approximate surface area is 244 Å². The van der Waals surface area contributed by atoms with Crippen LogP contribution in [0.5, 0.6) is 5.75 Å². The Morgan fingerprint density at radius 2 is 1.95 bits per heavy atom. The topological polar surface area (TPSA) is 140 Å². The summed E-state index contributed by atoms with van der Waals surface area (Å²) >= 11 is 2.69. The molecular formula is C29H26FN6O3S2+. The highest BCUT2D eigenvalue weighted by Gasteiger charge is 2.33. The van der Waals surface area contributed by atoms with Crippen LogP contribution in [0, 0.1) is 28.5 Å². The number of benzene rings is 2. The molecule has 208 valence electrons. The molecule has 5 rings (SSSR count). The van der Waals surface area contributed by atoms with Gasteiger partial charge in [-0.3, -0.25) is 5.73 Å². The van der Waals surface area contributed by atoms with Crippen molar-refractivity contribution < 1.29 is 23.6 Å². The quantitative estimate of drug-likeness (QED) is 0.237. The van der Waals surface area contributed by atoms with Crippen LogP contribution in [-0.4, -0.2) is 30.1 Å². The highest BCUT2D eigenvalue weighted by atomic mass is 32.2. The second-order valence-corrected chi connectivity index (χ2v) is 11.4. The summed E-state index contributed by atoms with van der Waals surface area (Å²) in [6.45, 7) is 4.50. The van der Waals surface area contributed by atoms with Gasteiger partial charge in [-0.05, 0) is 43.7 Å². The van der Waals surface area contributed by atoms with Crippen molar-refractivity contribution in [2.75, 3.05) is 24.3 Å². The van der Waals surface area contributed by atoms with Crippen LogP contribution in [0.1, 0.15) is 30.7 Å². The number of nitrogens with one attached hydrogen (secondary N) is 2. The monoisotopic (exact) mass is 589 g/mol. The number of pyridine rings is 1. The van der Waals surface area contributed by atoms with E-state index >= 15 is 0 Å². The fourth-order valence-corrected chi connectivity index (χ4v) is 5.99. The van der Waals surface area contributed by atoms with Crippen LogP contribution >= 0.6 is 23.1 Å². The molecule has 1 atom stereocenters. The molecule has 41 heavy (non-hydrogen) atoms. The number of halogens is 1. The van der Waals surface area contributed by atoms with E-state index in [1.54, 1.807) is 42.5 Å². The van der Waals surface area contributed by atoms with Crippen LogP contribution < -0.4 is 20.8 Å². The number of nitriles is 2. The Balaban J connectivity index is 1.33. The lowest BCUT2D eigenvalue weighted by atomic mass is 9.97. The van der Waals surface area contributed by atoms with E-state index in [0.29, 0.717) is 57.3 Å². The molecule has 0 radical (unpaired) electrons. The Morgan fingerprint density at radius 3 is 2.63 bits per heavy atom. The van der Waals surface area contributed by atoms with E-state index < -0.39 is 5.79 Å². The molecule has 0 aliphatic carbocycles. The average molecular weight is 590 g/mol. The van der Waals surface area contributed by atoms with E-state index in [4.69, 9.17) is 19.9 Å². The van der Waals surface area contributed by atoms with E-state index in [1.165, 1.54) is 29.2 Å². The van der Waals surface area contributed by atoms with Gasteiger partial charge < -0.3 is 19.5 Å². The third-order valence-electron chi connectivity index (χ3n) is 6.15. The summed E-state index contributed by atoms with van der Waals surface area (Å²) in [7, 11) is 0. The van der Waals surface area contributed by atoms with Crippen molar-refractivity contribution in [2.24, 2.45) is 0 Å². The van der Waals surface area contributed by atoms with E-state index in [2.05, 4.69) is 27.4 Å². The fourth-order valence-electron chi connectivity index (χ4n) is 4.25. The van der Waals surface area contributed by atoms with Gasteiger partial charge >= 0.3 is 0 Å². The third kappa shape index (κ3) is 6.59. The molecule has 1 aliphatic heterocycles. The summed E-state index contributed by atoms with van der Waals surface area (Å²) in [6.07, 6.45) is -0.173. The zero-order valence-corrected chi connectivity index (χ0v) is 23.9. The third-order valence-corrected chi connectivity index (χ3v) is 7.99. The van der Waals surface area contributed by atoms with Crippen LogP contribution in [0.4, 0.5) is 21.0 Å². The standard InChI is InChI=1S/C29H25FN6O3S2/c1-29(2)38-14-20(39-29)13-37-19-9-7-17(8-10-19)25-21(11-31)26(33)36-27(22(25)12-32)40-15-18-16-41-28(34-18)35-24-6-4-3-5-23(24)30/h3-10,16,20H,13-15H2,1-2H3,(H2,33,36)(H,34,35)/p+1/t20-/m0/s1. The summed E-state index contributed by atoms with van der Waals surface area (Å²) in [6, 6.07) is 17.9. The molecule has 0 unspecified atom stereocenters. The lowest BCUT2D eigenvalue weighted by molar-refractivity contribution is -0.410. The number of thiazole rings is 1. The number of hydrogen-bond donors (Lipinski definition) is 2. The number of para-hydroxylation sites is 1. The van der Waals surface area contributed by atoms with Crippen LogP contribution in [0.25, 0.3) is 11.1 Å². The summed E-state index contributed by atoms with van der Waals surface area (Å²) in [5, 5.41) is 25.9. The van der Waals surface area contributed by atoms with Crippen molar-refractivity contribution in [3.05, 3.63) is 76.5 Å². The first-order chi connectivity index (χ1) is 19.8. The van der Waals surface area contributed by atoms with Crippen molar-refractivity contribution in [1.82, 2.24) is 4.98 Å². The van der Waals surface area contributed by atoms with Crippen LogP contribution in [-0.2, 0) is 15.2 Å². The van der Waals surface area contributed by atoms with Gasteiger partial charge in [0.05, 0.1) is 18.0 Å². The largest absolute Gasteiger partial charge is 0.491 e. The number of aromatic amines is 1. The van der Waals surface area contributed by atoms with Gasteiger partial charge in [0, 0.05) is 16.7 Å². The Bertz CT molecular complexity index is 1650. The molecule has 4 N–H and O–H groups in total. The van der Waals surface area contributed by atoms with E-state index in [1.807, 2.05) is 19.2 Å². The predicted molar refractivity (Wildman–Crippen MR) is 154 cm³/mol. The number of anilines is 3. The normalized spacial score (nSPS) is 15.7.